The van der Waals surface area contributed by atoms with E-state index < -0.39 is 0 Å². The van der Waals surface area contributed by atoms with Gasteiger partial charge in [-0.3, -0.25) is 0 Å². The second kappa shape index (κ2) is 7.12. The Kier molecular flexibility index (Phi) is 4.96. The second-order valence-electron chi connectivity index (χ2n) is 4.46. The summed E-state index contributed by atoms with van der Waals surface area (Å²) in [5, 5.41) is 0. The van der Waals surface area contributed by atoms with Crippen LogP contribution in [0.5, 0.6) is 0 Å². The topological polar surface area (TPSA) is 0 Å². The van der Waals surface area contributed by atoms with E-state index in [2.05, 4.69) is 67.2 Å². The van der Waals surface area contributed by atoms with Gasteiger partial charge in [0.25, 0.3) is 0 Å². The number of benzene rings is 3. The minimum Gasteiger partial charge on any atom is -0.142 e. The molecule has 0 aliphatic rings. The predicted molar refractivity (Wildman–Crippen MR) is 94.8 cm³/mol. The van der Waals surface area contributed by atoms with Crippen molar-refractivity contribution in [1.29, 1.82) is 0 Å². The molecule has 0 heterocycles. The van der Waals surface area contributed by atoms with Crippen LogP contribution in [0.3, 0.4) is 0 Å². The Balaban J connectivity index is 1.79. The van der Waals surface area contributed by atoms with E-state index in [1.54, 1.807) is 23.5 Å². The summed E-state index contributed by atoms with van der Waals surface area (Å²) in [4.78, 5) is 5.95. The van der Waals surface area contributed by atoms with Gasteiger partial charge in [0.2, 0.25) is 0 Å². The highest BCUT2D eigenvalue weighted by Gasteiger charge is 2.03. The average Bonchev–Trinajstić information content (AvgIpc) is 2.51. The summed E-state index contributed by atoms with van der Waals surface area (Å²) in [6.07, 6.45) is 0. The normalized spacial score (nSPS) is 10.5. The van der Waals surface area contributed by atoms with Crippen molar-refractivity contribution in [2.75, 3.05) is 0 Å². The highest BCUT2D eigenvalue weighted by Crippen LogP contribution is 2.35. The molecule has 0 unspecified atom stereocenters. The maximum absolute atomic E-state index is 4.51. The molecule has 0 amide bonds. The van der Waals surface area contributed by atoms with Gasteiger partial charge in [0.05, 0.1) is 0 Å². The Hall–Kier alpha value is -1.29. The van der Waals surface area contributed by atoms with Crippen molar-refractivity contribution < 1.29 is 0 Å². The molecule has 0 saturated carbocycles. The third-order valence-corrected chi connectivity index (χ3v) is 5.48. The quantitative estimate of drug-likeness (QED) is 0.560. The fourth-order valence-corrected chi connectivity index (χ4v) is 4.07. The zero-order valence-electron chi connectivity index (χ0n) is 11.3. The van der Waals surface area contributed by atoms with Crippen molar-refractivity contribution in [2.24, 2.45) is 0 Å². The Morgan fingerprint density at radius 2 is 1.19 bits per heavy atom. The molecule has 0 atom stereocenters. The fraction of sp³-hybridized carbons (Fsp3) is 0. The van der Waals surface area contributed by atoms with Crippen LogP contribution in [0.2, 0.25) is 0 Å². The van der Waals surface area contributed by atoms with E-state index in [1.165, 1.54) is 19.6 Å². The summed E-state index contributed by atoms with van der Waals surface area (Å²) in [7, 11) is 0. The molecule has 0 saturated heterocycles. The monoisotopic (exact) mass is 326 g/mol. The maximum atomic E-state index is 4.51. The van der Waals surface area contributed by atoms with E-state index in [-0.39, 0.29) is 0 Å². The first kappa shape index (κ1) is 14.6. The smallest absolute Gasteiger partial charge is 0.0255 e. The molecule has 3 rings (SSSR count). The Morgan fingerprint density at radius 1 is 0.571 bits per heavy atom. The summed E-state index contributed by atoms with van der Waals surface area (Å²) in [5.41, 5.74) is 0. The van der Waals surface area contributed by atoms with Gasteiger partial charge in [0.1, 0.15) is 0 Å². The van der Waals surface area contributed by atoms with Crippen molar-refractivity contribution in [1.82, 2.24) is 0 Å². The van der Waals surface area contributed by atoms with Crippen LogP contribution < -0.4 is 0 Å². The molecule has 3 heteroatoms. The largest absolute Gasteiger partial charge is 0.142 e. The van der Waals surface area contributed by atoms with Gasteiger partial charge >= 0.3 is 0 Å². The molecule has 21 heavy (non-hydrogen) atoms. The highest BCUT2D eigenvalue weighted by molar-refractivity contribution is 8.00. The molecule has 0 nitrogen and oxygen atoms in total. The van der Waals surface area contributed by atoms with Crippen molar-refractivity contribution in [3.05, 3.63) is 78.9 Å². The predicted octanol–water partition coefficient (Wildman–Crippen LogP) is 6.28. The van der Waals surface area contributed by atoms with Crippen LogP contribution in [0.1, 0.15) is 0 Å². The first-order chi connectivity index (χ1) is 10.3. The third kappa shape index (κ3) is 4.10. The summed E-state index contributed by atoms with van der Waals surface area (Å²) in [5.74, 6) is 0. The molecule has 0 spiro atoms. The minimum atomic E-state index is 1.02. The van der Waals surface area contributed by atoms with Gasteiger partial charge in [-0.15, -0.1) is 12.6 Å². The molecule has 104 valence electrons. The van der Waals surface area contributed by atoms with Crippen LogP contribution in [0.15, 0.2) is 103 Å². The van der Waals surface area contributed by atoms with Crippen LogP contribution in [0.25, 0.3) is 0 Å². The Morgan fingerprint density at radius 3 is 1.95 bits per heavy atom. The molecule has 3 aromatic carbocycles. The van der Waals surface area contributed by atoms with Crippen LogP contribution in [0, 0.1) is 0 Å². The van der Waals surface area contributed by atoms with E-state index in [4.69, 9.17) is 0 Å². The number of thiol groups is 1. The van der Waals surface area contributed by atoms with Gasteiger partial charge in [-0.25, -0.2) is 0 Å². The van der Waals surface area contributed by atoms with E-state index >= 15 is 0 Å². The van der Waals surface area contributed by atoms with E-state index in [0.717, 1.165) is 4.90 Å². The van der Waals surface area contributed by atoms with Crippen molar-refractivity contribution >= 4 is 36.2 Å². The fourth-order valence-electron chi connectivity index (χ4n) is 1.90. The maximum Gasteiger partial charge on any atom is 0.0255 e. The molecule has 0 aromatic heterocycles. The van der Waals surface area contributed by atoms with Gasteiger partial charge in [0.15, 0.2) is 0 Å². The number of hydrogen-bond acceptors (Lipinski definition) is 3. The molecule has 0 bridgehead atoms. The first-order valence-corrected chi connectivity index (χ1v) is 8.68. The van der Waals surface area contributed by atoms with Crippen molar-refractivity contribution in [3.63, 3.8) is 0 Å². The van der Waals surface area contributed by atoms with Crippen molar-refractivity contribution in [2.45, 2.75) is 24.5 Å². The lowest BCUT2D eigenvalue weighted by atomic mass is 10.4. The standard InChI is InChI=1S/C18H14S3/c19-17-11-4-5-12-18(17)21-16-10-6-9-15(13-16)20-14-7-2-1-3-8-14/h1-13,19H. The van der Waals surface area contributed by atoms with Gasteiger partial charge in [-0.2, -0.15) is 0 Å². The molecular formula is C18H14S3. The Labute approximate surface area is 139 Å². The zero-order valence-corrected chi connectivity index (χ0v) is 13.8. The van der Waals surface area contributed by atoms with Gasteiger partial charge in [-0.1, -0.05) is 59.9 Å². The third-order valence-electron chi connectivity index (χ3n) is 2.88. The van der Waals surface area contributed by atoms with Gasteiger partial charge < -0.3 is 0 Å². The summed E-state index contributed by atoms with van der Waals surface area (Å²) >= 11 is 8.04. The lowest BCUT2D eigenvalue weighted by Gasteiger charge is -2.07. The zero-order chi connectivity index (χ0) is 14.5. The van der Waals surface area contributed by atoms with Crippen LogP contribution in [-0.4, -0.2) is 0 Å². The number of hydrogen-bond donors (Lipinski definition) is 1. The molecule has 0 aliphatic heterocycles. The van der Waals surface area contributed by atoms with Crippen LogP contribution in [0.4, 0.5) is 0 Å². The van der Waals surface area contributed by atoms with E-state index in [9.17, 15) is 0 Å². The summed E-state index contributed by atoms with van der Waals surface area (Å²) < 4.78 is 0. The molecule has 0 fully saturated rings. The summed E-state index contributed by atoms with van der Waals surface area (Å²) in [6, 6.07) is 27.2. The molecule has 0 N–H and O–H groups in total. The van der Waals surface area contributed by atoms with Crippen LogP contribution in [-0.2, 0) is 0 Å². The van der Waals surface area contributed by atoms with Gasteiger partial charge in [-0.05, 0) is 42.5 Å². The highest BCUT2D eigenvalue weighted by atomic mass is 32.2. The SMILES string of the molecule is Sc1ccccc1Sc1cccc(Sc2ccccc2)c1. The summed E-state index contributed by atoms with van der Waals surface area (Å²) in [6.45, 7) is 0. The van der Waals surface area contributed by atoms with Gasteiger partial charge in [0, 0.05) is 24.5 Å². The lowest BCUT2D eigenvalue weighted by Crippen LogP contribution is -1.78. The molecular weight excluding hydrogens is 312 g/mol. The van der Waals surface area contributed by atoms with Crippen molar-refractivity contribution in [3.8, 4) is 0 Å². The van der Waals surface area contributed by atoms with E-state index in [0.29, 0.717) is 0 Å². The molecule has 3 aromatic rings. The van der Waals surface area contributed by atoms with E-state index in [1.807, 2.05) is 24.3 Å². The minimum absolute atomic E-state index is 1.02. The number of rotatable bonds is 4. The lowest BCUT2D eigenvalue weighted by molar-refractivity contribution is 1.24. The Bertz CT molecular complexity index is 723. The second-order valence-corrected chi connectivity index (χ2v) is 7.20. The van der Waals surface area contributed by atoms with Crippen LogP contribution >= 0.6 is 36.2 Å². The average molecular weight is 327 g/mol. The first-order valence-electron chi connectivity index (χ1n) is 6.60. The molecule has 0 radical (unpaired) electrons. The molecule has 0 aliphatic carbocycles.